The highest BCUT2D eigenvalue weighted by Gasteiger charge is 2.08. The van der Waals surface area contributed by atoms with Crippen LogP contribution in [-0.4, -0.2) is 9.55 Å². The summed E-state index contributed by atoms with van der Waals surface area (Å²) >= 11 is 8.76. The number of rotatable bonds is 1. The molecule has 13 heavy (non-hydrogen) atoms. The lowest BCUT2D eigenvalue weighted by Gasteiger charge is -1.92. The first-order valence-corrected chi connectivity index (χ1v) is 4.76. The average molecular weight is 263 g/mol. The molecule has 0 atom stereocenters. The van der Waals surface area contributed by atoms with E-state index in [1.165, 1.54) is 4.57 Å². The molecule has 2 aromatic rings. The number of alkyl halides is 1. The van der Waals surface area contributed by atoms with Gasteiger partial charge in [0.1, 0.15) is 6.00 Å². The third kappa shape index (κ3) is 1.38. The number of oxazole rings is 1. The van der Waals surface area contributed by atoms with Crippen LogP contribution in [0.15, 0.2) is 25.9 Å². The van der Waals surface area contributed by atoms with Gasteiger partial charge in [0.2, 0.25) is 0 Å². The predicted octanol–water partition coefficient (Wildman–Crippen LogP) is 1.95. The minimum atomic E-state index is -0.490. The summed E-state index contributed by atoms with van der Waals surface area (Å²) in [6, 6.07) is 1.72. The standard InChI is InChI=1S/C7H4BrClN2O2/c8-4-1-5-6(10-2-4)11(3-9)7(12)13-5/h1-2H,3H2. The number of nitrogens with zero attached hydrogens (tertiary/aromatic N) is 2. The number of pyridine rings is 1. The summed E-state index contributed by atoms with van der Waals surface area (Å²) in [5, 5.41) is 0. The molecule has 68 valence electrons. The molecule has 0 aromatic carbocycles. The molecule has 0 saturated carbocycles. The van der Waals surface area contributed by atoms with E-state index < -0.39 is 5.76 Å². The molecule has 0 unspecified atom stereocenters. The van der Waals surface area contributed by atoms with Crippen molar-refractivity contribution in [2.75, 3.05) is 0 Å². The first kappa shape index (κ1) is 8.77. The largest absolute Gasteiger partial charge is 0.422 e. The Balaban J connectivity index is 2.87. The van der Waals surface area contributed by atoms with E-state index in [0.717, 1.165) is 4.47 Å². The molecular weight excluding hydrogens is 259 g/mol. The summed E-state index contributed by atoms with van der Waals surface area (Å²) in [7, 11) is 0. The second-order valence-corrected chi connectivity index (χ2v) is 3.55. The number of hydrogen-bond acceptors (Lipinski definition) is 3. The lowest BCUT2D eigenvalue weighted by molar-refractivity contribution is 0.525. The first-order valence-electron chi connectivity index (χ1n) is 3.43. The van der Waals surface area contributed by atoms with E-state index in [-0.39, 0.29) is 6.00 Å². The molecule has 6 heteroatoms. The molecule has 0 N–H and O–H groups in total. The Morgan fingerprint density at radius 1 is 1.69 bits per heavy atom. The first-order chi connectivity index (χ1) is 6.22. The zero-order chi connectivity index (χ0) is 9.42. The maximum Gasteiger partial charge on any atom is 0.422 e. The molecule has 2 rings (SSSR count). The molecule has 0 saturated heterocycles. The number of fused-ring (bicyclic) bond motifs is 1. The van der Waals surface area contributed by atoms with Gasteiger partial charge in [0.15, 0.2) is 11.2 Å². The summed E-state index contributed by atoms with van der Waals surface area (Å²) in [6.45, 7) is 0. The van der Waals surface area contributed by atoms with Gasteiger partial charge in [-0.3, -0.25) is 0 Å². The maximum atomic E-state index is 11.1. The lowest BCUT2D eigenvalue weighted by Crippen LogP contribution is -2.11. The molecule has 0 aliphatic heterocycles. The second kappa shape index (κ2) is 3.16. The number of aromatic nitrogens is 2. The van der Waals surface area contributed by atoms with Crippen LogP contribution in [0.5, 0.6) is 0 Å². The van der Waals surface area contributed by atoms with Gasteiger partial charge in [-0.05, 0) is 15.9 Å². The second-order valence-electron chi connectivity index (χ2n) is 2.39. The van der Waals surface area contributed by atoms with Gasteiger partial charge in [0, 0.05) is 16.7 Å². The van der Waals surface area contributed by atoms with Crippen molar-refractivity contribution < 1.29 is 4.42 Å². The van der Waals surface area contributed by atoms with Crippen LogP contribution in [0.3, 0.4) is 0 Å². The van der Waals surface area contributed by atoms with Gasteiger partial charge >= 0.3 is 5.76 Å². The van der Waals surface area contributed by atoms with E-state index >= 15 is 0 Å². The quantitative estimate of drug-likeness (QED) is 0.739. The highest BCUT2D eigenvalue weighted by atomic mass is 79.9. The van der Waals surface area contributed by atoms with Crippen molar-refractivity contribution in [3.8, 4) is 0 Å². The highest BCUT2D eigenvalue weighted by Crippen LogP contribution is 2.16. The van der Waals surface area contributed by atoms with Crippen molar-refractivity contribution in [1.82, 2.24) is 9.55 Å². The molecule has 0 fully saturated rings. The van der Waals surface area contributed by atoms with E-state index in [1.54, 1.807) is 12.3 Å². The smallest absolute Gasteiger partial charge is 0.406 e. The average Bonchev–Trinajstić information content (AvgIpc) is 2.39. The normalized spacial score (nSPS) is 10.9. The number of halogens is 2. The van der Waals surface area contributed by atoms with Gasteiger partial charge in [-0.15, -0.1) is 11.6 Å². The van der Waals surface area contributed by atoms with E-state index in [0.29, 0.717) is 11.2 Å². The van der Waals surface area contributed by atoms with Crippen molar-refractivity contribution in [2.24, 2.45) is 0 Å². The van der Waals surface area contributed by atoms with Crippen LogP contribution in [0.1, 0.15) is 0 Å². The van der Waals surface area contributed by atoms with Gasteiger partial charge < -0.3 is 4.42 Å². The van der Waals surface area contributed by atoms with Gasteiger partial charge in [0.05, 0.1) is 0 Å². The van der Waals surface area contributed by atoms with E-state index in [9.17, 15) is 4.79 Å². The minimum Gasteiger partial charge on any atom is -0.406 e. The summed E-state index contributed by atoms with van der Waals surface area (Å²) in [5.74, 6) is -0.490. The van der Waals surface area contributed by atoms with Gasteiger partial charge in [-0.1, -0.05) is 0 Å². The van der Waals surface area contributed by atoms with Crippen molar-refractivity contribution in [1.29, 1.82) is 0 Å². The van der Waals surface area contributed by atoms with Crippen molar-refractivity contribution in [3.63, 3.8) is 0 Å². The van der Waals surface area contributed by atoms with Crippen LogP contribution in [0.2, 0.25) is 0 Å². The van der Waals surface area contributed by atoms with Crippen molar-refractivity contribution in [3.05, 3.63) is 27.3 Å². The Bertz CT molecular complexity index is 505. The topological polar surface area (TPSA) is 48.0 Å². The molecule has 2 aromatic heterocycles. The van der Waals surface area contributed by atoms with E-state index in [2.05, 4.69) is 20.9 Å². The maximum absolute atomic E-state index is 11.1. The lowest BCUT2D eigenvalue weighted by atomic mass is 10.5. The molecule has 2 heterocycles. The highest BCUT2D eigenvalue weighted by molar-refractivity contribution is 9.10. The van der Waals surface area contributed by atoms with Crippen LogP contribution >= 0.6 is 27.5 Å². The number of hydrogen-bond donors (Lipinski definition) is 0. The van der Waals surface area contributed by atoms with Crippen LogP contribution in [0.4, 0.5) is 0 Å². The zero-order valence-corrected chi connectivity index (χ0v) is 8.67. The Kier molecular flexibility index (Phi) is 2.13. The van der Waals surface area contributed by atoms with Crippen LogP contribution in [-0.2, 0) is 6.00 Å². The Morgan fingerprint density at radius 2 is 2.46 bits per heavy atom. The Hall–Kier alpha value is -0.810. The minimum absolute atomic E-state index is 0.0421. The predicted molar refractivity (Wildman–Crippen MR) is 51.8 cm³/mol. The van der Waals surface area contributed by atoms with Crippen LogP contribution in [0.25, 0.3) is 11.2 Å². The molecular formula is C7H4BrClN2O2. The molecule has 0 radical (unpaired) electrons. The summed E-state index contributed by atoms with van der Waals surface area (Å²) in [5.41, 5.74) is 0.892. The van der Waals surface area contributed by atoms with Crippen LogP contribution < -0.4 is 5.76 Å². The SMILES string of the molecule is O=c1oc2cc(Br)cnc2n1CCl. The third-order valence-electron chi connectivity index (χ3n) is 1.59. The van der Waals surface area contributed by atoms with Crippen molar-refractivity contribution >= 4 is 38.8 Å². The van der Waals surface area contributed by atoms with Gasteiger partial charge in [-0.25, -0.2) is 14.3 Å². The van der Waals surface area contributed by atoms with E-state index in [4.69, 9.17) is 16.0 Å². The fourth-order valence-electron chi connectivity index (χ4n) is 1.03. The molecule has 4 nitrogen and oxygen atoms in total. The van der Waals surface area contributed by atoms with Crippen LogP contribution in [0, 0.1) is 0 Å². The zero-order valence-electron chi connectivity index (χ0n) is 6.33. The van der Waals surface area contributed by atoms with Gasteiger partial charge in [-0.2, -0.15) is 0 Å². The molecule has 0 aliphatic rings. The molecule has 0 aliphatic carbocycles. The monoisotopic (exact) mass is 262 g/mol. The molecule has 0 amide bonds. The third-order valence-corrected chi connectivity index (χ3v) is 2.27. The summed E-state index contributed by atoms with van der Waals surface area (Å²) in [4.78, 5) is 15.1. The summed E-state index contributed by atoms with van der Waals surface area (Å²) in [6.07, 6.45) is 1.58. The van der Waals surface area contributed by atoms with E-state index in [1.807, 2.05) is 0 Å². The fraction of sp³-hybridized carbons (Fsp3) is 0.143. The Morgan fingerprint density at radius 3 is 3.15 bits per heavy atom. The molecule has 0 bridgehead atoms. The van der Waals surface area contributed by atoms with Crippen molar-refractivity contribution in [2.45, 2.75) is 6.00 Å². The van der Waals surface area contributed by atoms with Gasteiger partial charge in [0.25, 0.3) is 0 Å². The Labute approximate surface area is 86.3 Å². The fourth-order valence-corrected chi connectivity index (χ4v) is 1.55. The summed E-state index contributed by atoms with van der Waals surface area (Å²) < 4.78 is 6.91. The molecule has 0 spiro atoms.